The molecule has 0 bridgehead atoms. The van der Waals surface area contributed by atoms with Gasteiger partial charge >= 0.3 is 5.97 Å². The van der Waals surface area contributed by atoms with Crippen LogP contribution >= 0.6 is 9.24 Å². The minimum Gasteiger partial charge on any atom is -0.481 e. The van der Waals surface area contributed by atoms with Crippen molar-refractivity contribution in [1.82, 2.24) is 0 Å². The van der Waals surface area contributed by atoms with Crippen molar-refractivity contribution in [3.05, 3.63) is 12.2 Å². The molecule has 0 aliphatic carbocycles. The van der Waals surface area contributed by atoms with Gasteiger partial charge in [0.25, 0.3) is 0 Å². The van der Waals surface area contributed by atoms with Gasteiger partial charge < -0.3 is 5.11 Å². The molecule has 0 radical (unpaired) electrons. The first-order valence-corrected chi connectivity index (χ1v) is 7.57. The summed E-state index contributed by atoms with van der Waals surface area (Å²) in [5.41, 5.74) is 0. The van der Waals surface area contributed by atoms with E-state index in [9.17, 15) is 4.79 Å². The molecule has 3 heteroatoms. The van der Waals surface area contributed by atoms with Gasteiger partial charge in [0.15, 0.2) is 0 Å². The maximum atomic E-state index is 10.1. The Balaban J connectivity index is 0. The van der Waals surface area contributed by atoms with E-state index in [1.54, 1.807) is 6.08 Å². The molecule has 0 rings (SSSR count). The molecule has 0 aromatic carbocycles. The molecule has 0 spiro atoms. The Labute approximate surface area is 109 Å². The maximum Gasteiger partial charge on any atom is 0.307 e. The second kappa shape index (κ2) is 18.0. The van der Waals surface area contributed by atoms with E-state index in [1.165, 1.54) is 44.7 Å². The third-order valence-electron chi connectivity index (χ3n) is 2.24. The molecule has 1 N–H and O–H groups in total. The number of hydrogen-bond donors (Lipinski definition) is 1. The van der Waals surface area contributed by atoms with E-state index in [-0.39, 0.29) is 6.42 Å². The first kappa shape index (κ1) is 19.0. The molecular weight excluding hydrogens is 231 g/mol. The topological polar surface area (TPSA) is 37.3 Å². The fraction of sp³-hybridized carbons (Fsp3) is 0.786. The molecule has 2 nitrogen and oxygen atoms in total. The second-order valence-corrected chi connectivity index (χ2v) is 4.64. The van der Waals surface area contributed by atoms with Crippen molar-refractivity contribution in [1.29, 1.82) is 0 Å². The predicted octanol–water partition coefficient (Wildman–Crippen LogP) is 4.65. The molecule has 0 saturated carbocycles. The summed E-state index contributed by atoms with van der Waals surface area (Å²) in [5, 5.41) is 8.30. The van der Waals surface area contributed by atoms with Crippen molar-refractivity contribution in [3.63, 3.8) is 0 Å². The number of unbranched alkanes of at least 4 members (excludes halogenated alkanes) is 5. The molecule has 1 atom stereocenters. The predicted molar refractivity (Wildman–Crippen MR) is 79.6 cm³/mol. The Kier molecular flexibility index (Phi) is 20.1. The van der Waals surface area contributed by atoms with Gasteiger partial charge in [0, 0.05) is 0 Å². The van der Waals surface area contributed by atoms with Gasteiger partial charge in [0.1, 0.15) is 0 Å². The molecule has 0 heterocycles. The fourth-order valence-electron chi connectivity index (χ4n) is 1.20. The van der Waals surface area contributed by atoms with Gasteiger partial charge in [-0.2, -0.15) is 0 Å². The average molecular weight is 260 g/mol. The molecule has 102 valence electrons. The van der Waals surface area contributed by atoms with E-state index in [4.69, 9.17) is 5.11 Å². The molecule has 0 aromatic heterocycles. The molecule has 0 aromatic rings. The highest BCUT2D eigenvalue weighted by Crippen LogP contribution is 2.02. The molecule has 0 aliphatic rings. The number of carbonyl (C=O) groups is 1. The Morgan fingerprint density at radius 3 is 2.12 bits per heavy atom. The van der Waals surface area contributed by atoms with E-state index in [1.807, 2.05) is 6.08 Å². The summed E-state index contributed by atoms with van der Waals surface area (Å²) < 4.78 is 0. The first-order valence-electron chi connectivity index (χ1n) is 6.75. The van der Waals surface area contributed by atoms with Crippen LogP contribution in [0.1, 0.15) is 65.2 Å². The number of rotatable bonds is 9. The van der Waals surface area contributed by atoms with E-state index >= 15 is 0 Å². The summed E-state index contributed by atoms with van der Waals surface area (Å²) in [6.45, 7) is 4.38. The van der Waals surface area contributed by atoms with Gasteiger partial charge in [0.2, 0.25) is 0 Å². The van der Waals surface area contributed by atoms with Crippen LogP contribution in [-0.4, -0.2) is 17.2 Å². The van der Waals surface area contributed by atoms with Gasteiger partial charge in [-0.3, -0.25) is 4.79 Å². The zero-order chi connectivity index (χ0) is 13.4. The Morgan fingerprint density at radius 1 is 1.06 bits per heavy atom. The van der Waals surface area contributed by atoms with E-state index < -0.39 is 5.97 Å². The van der Waals surface area contributed by atoms with Crippen LogP contribution in [0.3, 0.4) is 0 Å². The third-order valence-corrected chi connectivity index (χ3v) is 2.65. The zero-order valence-electron chi connectivity index (χ0n) is 11.5. The number of carboxylic acid groups (broad SMARTS) is 1. The number of carboxylic acids is 1. The van der Waals surface area contributed by atoms with Crippen molar-refractivity contribution in [2.24, 2.45) is 0 Å². The van der Waals surface area contributed by atoms with Gasteiger partial charge in [-0.15, -0.1) is 9.24 Å². The van der Waals surface area contributed by atoms with Crippen molar-refractivity contribution in [2.45, 2.75) is 65.2 Å². The lowest BCUT2D eigenvalue weighted by Gasteiger charge is -1.93. The van der Waals surface area contributed by atoms with Crippen LogP contribution in [0.2, 0.25) is 0 Å². The van der Waals surface area contributed by atoms with Gasteiger partial charge in [-0.25, -0.2) is 0 Å². The monoisotopic (exact) mass is 260 g/mol. The van der Waals surface area contributed by atoms with Crippen molar-refractivity contribution >= 4 is 15.2 Å². The lowest BCUT2D eigenvalue weighted by Crippen LogP contribution is -1.89. The van der Waals surface area contributed by atoms with Crippen LogP contribution in [0, 0.1) is 0 Å². The standard InChI is InChI=1S/C10H18O2.C4H11P/c1-2-3-4-5-6-7-8-9-10(11)12;1-2-3-4-5/h7-8H,2-6,9H2,1H3,(H,11,12);2-5H2,1H3. The minimum absolute atomic E-state index is 0.160. The second-order valence-electron chi connectivity index (χ2n) is 4.06. The highest BCUT2D eigenvalue weighted by Gasteiger charge is 1.88. The van der Waals surface area contributed by atoms with E-state index in [2.05, 4.69) is 23.1 Å². The molecule has 17 heavy (non-hydrogen) atoms. The summed E-state index contributed by atoms with van der Waals surface area (Å²) in [7, 11) is 2.70. The quantitative estimate of drug-likeness (QED) is 0.372. The summed E-state index contributed by atoms with van der Waals surface area (Å²) >= 11 is 0. The summed E-state index contributed by atoms with van der Waals surface area (Å²) in [6, 6.07) is 0. The fourth-order valence-corrected chi connectivity index (χ4v) is 1.60. The van der Waals surface area contributed by atoms with Crippen LogP contribution in [0.15, 0.2) is 12.2 Å². The summed E-state index contributed by atoms with van der Waals surface area (Å²) in [6.07, 6.45) is 13.8. The third kappa shape index (κ3) is 25.7. The Bertz CT molecular complexity index is 177. The Morgan fingerprint density at radius 2 is 1.71 bits per heavy atom. The van der Waals surface area contributed by atoms with E-state index in [0.29, 0.717) is 0 Å². The number of hydrogen-bond acceptors (Lipinski definition) is 1. The lowest BCUT2D eigenvalue weighted by atomic mass is 10.1. The molecular formula is C14H29O2P. The minimum atomic E-state index is -0.750. The zero-order valence-corrected chi connectivity index (χ0v) is 12.6. The van der Waals surface area contributed by atoms with Crippen LogP contribution in [-0.2, 0) is 4.79 Å². The largest absolute Gasteiger partial charge is 0.481 e. The van der Waals surface area contributed by atoms with Gasteiger partial charge in [0.05, 0.1) is 6.42 Å². The normalized spacial score (nSPS) is 10.1. The lowest BCUT2D eigenvalue weighted by molar-refractivity contribution is -0.136. The van der Waals surface area contributed by atoms with Crippen LogP contribution in [0.25, 0.3) is 0 Å². The average Bonchev–Trinajstić information content (AvgIpc) is 2.29. The molecule has 0 fully saturated rings. The van der Waals surface area contributed by atoms with Crippen molar-refractivity contribution in [2.75, 3.05) is 6.16 Å². The SMILES string of the molecule is CCCCCCC=CCC(=O)O.CCCCP. The molecule has 1 unspecified atom stereocenters. The van der Waals surface area contributed by atoms with Crippen molar-refractivity contribution in [3.8, 4) is 0 Å². The Hall–Kier alpha value is -0.360. The van der Waals surface area contributed by atoms with Crippen molar-refractivity contribution < 1.29 is 9.90 Å². The van der Waals surface area contributed by atoms with Gasteiger partial charge in [-0.1, -0.05) is 58.1 Å². The van der Waals surface area contributed by atoms with Crippen LogP contribution in [0.5, 0.6) is 0 Å². The molecule has 0 aliphatic heterocycles. The highest BCUT2D eigenvalue weighted by molar-refractivity contribution is 7.16. The van der Waals surface area contributed by atoms with E-state index in [0.717, 1.165) is 6.42 Å². The number of allylic oxidation sites excluding steroid dienone is 1. The smallest absolute Gasteiger partial charge is 0.307 e. The molecule has 0 saturated heterocycles. The first-order chi connectivity index (χ1) is 8.18. The summed E-state index contributed by atoms with van der Waals surface area (Å²) in [5.74, 6) is -0.750. The van der Waals surface area contributed by atoms with Crippen LogP contribution < -0.4 is 0 Å². The number of aliphatic carboxylic acids is 1. The van der Waals surface area contributed by atoms with Gasteiger partial charge in [-0.05, 0) is 19.0 Å². The maximum absolute atomic E-state index is 10.1. The highest BCUT2D eigenvalue weighted by atomic mass is 31.0. The van der Waals surface area contributed by atoms with Crippen LogP contribution in [0.4, 0.5) is 0 Å². The summed E-state index contributed by atoms with van der Waals surface area (Å²) in [4.78, 5) is 10.1. The molecule has 0 amide bonds.